The molecule has 6 heterocycles. The molecule has 4 aliphatic rings. The van der Waals surface area contributed by atoms with Crippen LogP contribution in [0.2, 0.25) is 0 Å². The fraction of sp³-hybridized carbons (Fsp3) is 0.722. The van der Waals surface area contributed by atoms with Crippen LogP contribution in [-0.4, -0.2) is 49.4 Å². The van der Waals surface area contributed by atoms with Gasteiger partial charge < -0.3 is 9.64 Å². The molecule has 0 atom stereocenters. The van der Waals surface area contributed by atoms with Gasteiger partial charge in [-0.25, -0.2) is 18.1 Å². The number of nitrogens with zero attached hydrogens (tertiary/aromatic N) is 5. The number of aromatic nitrogens is 4. The van der Waals surface area contributed by atoms with Crippen LogP contribution in [0.5, 0.6) is 0 Å². The Morgan fingerprint density at radius 2 is 1.83 bits per heavy atom. The minimum absolute atomic E-state index is 0.0904. The molecule has 158 valence electrons. The number of aryl methyl sites for hydroxylation is 1. The zero-order valence-corrected chi connectivity index (χ0v) is 15.8. The third kappa shape index (κ3) is 3.19. The monoisotopic (exact) mass is 415 g/mol. The van der Waals surface area contributed by atoms with Crippen LogP contribution in [0.3, 0.4) is 0 Å². The molecular weight excluding hydrogens is 394 g/mol. The molecule has 0 saturated carbocycles. The summed E-state index contributed by atoms with van der Waals surface area (Å²) in [5, 5.41) is 4.29. The van der Waals surface area contributed by atoms with Gasteiger partial charge in [0.15, 0.2) is 0 Å². The number of ether oxygens (including phenoxy) is 1. The highest BCUT2D eigenvalue weighted by Gasteiger charge is 2.49. The van der Waals surface area contributed by atoms with E-state index in [1.807, 2.05) is 4.90 Å². The number of alkyl halides is 4. The molecule has 0 unspecified atom stereocenters. The van der Waals surface area contributed by atoms with Crippen molar-refractivity contribution in [3.8, 4) is 0 Å². The van der Waals surface area contributed by atoms with Crippen molar-refractivity contribution in [3.63, 3.8) is 0 Å². The third-order valence-electron chi connectivity index (χ3n) is 6.14. The summed E-state index contributed by atoms with van der Waals surface area (Å²) in [6, 6.07) is 1.47. The number of halogens is 4. The van der Waals surface area contributed by atoms with Crippen molar-refractivity contribution in [2.24, 2.45) is 0 Å². The summed E-state index contributed by atoms with van der Waals surface area (Å²) in [5.41, 5.74) is -0.975. The molecule has 0 radical (unpaired) electrons. The van der Waals surface area contributed by atoms with Gasteiger partial charge in [-0.2, -0.15) is 23.4 Å². The quantitative estimate of drug-likeness (QED) is 0.703. The topological polar surface area (TPSA) is 64.7 Å². The SMILES string of the molecule is CC(F)(F)CCc1cc2n(C(F)F)c(=O)nc(N3C4CC5CC3CC(C4)O5)n2n1. The first kappa shape index (κ1) is 18.8. The van der Waals surface area contributed by atoms with Gasteiger partial charge in [0.25, 0.3) is 0 Å². The van der Waals surface area contributed by atoms with Crippen molar-refractivity contribution in [2.75, 3.05) is 4.90 Å². The fourth-order valence-electron chi connectivity index (χ4n) is 5.01. The summed E-state index contributed by atoms with van der Waals surface area (Å²) in [6.45, 7) is -2.31. The second-order valence-electron chi connectivity index (χ2n) is 8.36. The van der Waals surface area contributed by atoms with Crippen molar-refractivity contribution in [1.82, 2.24) is 19.2 Å². The predicted octanol–water partition coefficient (Wildman–Crippen LogP) is 2.77. The molecule has 0 N–H and O–H groups in total. The van der Waals surface area contributed by atoms with E-state index in [0.717, 1.165) is 32.6 Å². The number of rotatable bonds is 5. The zero-order valence-electron chi connectivity index (χ0n) is 15.8. The molecule has 0 aromatic carbocycles. The number of fused-ring (bicyclic) bond motifs is 1. The minimum atomic E-state index is -3.11. The summed E-state index contributed by atoms with van der Waals surface area (Å²) in [5.74, 6) is -2.69. The van der Waals surface area contributed by atoms with E-state index < -0.39 is 24.6 Å². The van der Waals surface area contributed by atoms with Crippen molar-refractivity contribution in [2.45, 2.75) is 82.2 Å². The lowest BCUT2D eigenvalue weighted by atomic mass is 9.78. The highest BCUT2D eigenvalue weighted by molar-refractivity contribution is 5.49. The van der Waals surface area contributed by atoms with Gasteiger partial charge in [0.1, 0.15) is 5.65 Å². The van der Waals surface area contributed by atoms with Gasteiger partial charge in [0.05, 0.1) is 17.9 Å². The lowest BCUT2D eigenvalue weighted by Gasteiger charge is -2.56. The molecule has 6 rings (SSSR count). The van der Waals surface area contributed by atoms with Crippen LogP contribution < -0.4 is 10.6 Å². The van der Waals surface area contributed by atoms with E-state index in [2.05, 4.69) is 10.1 Å². The Labute approximate surface area is 163 Å². The molecule has 7 nitrogen and oxygen atoms in total. The number of hydrogen-bond donors (Lipinski definition) is 0. The normalized spacial score (nSPS) is 28.8. The maximum absolute atomic E-state index is 13.5. The summed E-state index contributed by atoms with van der Waals surface area (Å²) in [6.07, 6.45) is 2.92. The highest BCUT2D eigenvalue weighted by Crippen LogP contribution is 2.44. The standard InChI is InChI=1S/C18H21F4N5O2/c1-18(21,22)3-2-9-4-14-26(15(19)20)17(28)23-16(27(14)24-9)25-10-5-12-7-11(25)8-13(6-10)29-12/h4,10-13,15H,2-3,5-8H2,1H3. The van der Waals surface area contributed by atoms with Crippen molar-refractivity contribution in [1.29, 1.82) is 0 Å². The number of hydrogen-bond acceptors (Lipinski definition) is 5. The lowest BCUT2D eigenvalue weighted by Crippen LogP contribution is -2.63. The molecule has 4 aliphatic heterocycles. The first-order valence-electron chi connectivity index (χ1n) is 9.80. The van der Waals surface area contributed by atoms with Gasteiger partial charge in [-0.1, -0.05) is 0 Å². The Kier molecular flexibility index (Phi) is 4.17. The average molecular weight is 415 g/mol. The van der Waals surface area contributed by atoms with E-state index >= 15 is 0 Å². The fourth-order valence-corrected chi connectivity index (χ4v) is 5.01. The van der Waals surface area contributed by atoms with E-state index in [1.165, 1.54) is 10.6 Å². The van der Waals surface area contributed by atoms with Crippen LogP contribution in [-0.2, 0) is 11.2 Å². The van der Waals surface area contributed by atoms with Gasteiger partial charge in [-0.15, -0.1) is 0 Å². The third-order valence-corrected chi connectivity index (χ3v) is 6.14. The average Bonchev–Trinajstić information content (AvgIpc) is 3.01. The molecule has 29 heavy (non-hydrogen) atoms. The smallest absolute Gasteiger partial charge is 0.357 e. The maximum atomic E-state index is 13.5. The van der Waals surface area contributed by atoms with Crippen LogP contribution in [0.1, 0.15) is 51.3 Å². The van der Waals surface area contributed by atoms with E-state index in [4.69, 9.17) is 4.74 Å². The first-order valence-corrected chi connectivity index (χ1v) is 9.80. The molecule has 4 bridgehead atoms. The van der Waals surface area contributed by atoms with Gasteiger partial charge in [0, 0.05) is 24.6 Å². The molecule has 2 aromatic heterocycles. The number of piperidine rings is 2. The summed E-state index contributed by atoms with van der Waals surface area (Å²) >= 11 is 0. The largest absolute Gasteiger partial charge is 0.375 e. The maximum Gasteiger partial charge on any atom is 0.357 e. The van der Waals surface area contributed by atoms with Crippen molar-refractivity contribution in [3.05, 3.63) is 22.2 Å². The summed E-state index contributed by atoms with van der Waals surface area (Å²) in [7, 11) is 0. The van der Waals surface area contributed by atoms with Gasteiger partial charge >= 0.3 is 12.2 Å². The Hall–Kier alpha value is -2.17. The predicted molar refractivity (Wildman–Crippen MR) is 94.6 cm³/mol. The Balaban J connectivity index is 1.61. The van der Waals surface area contributed by atoms with Crippen LogP contribution in [0.15, 0.2) is 10.9 Å². The van der Waals surface area contributed by atoms with E-state index in [1.54, 1.807) is 0 Å². The summed E-state index contributed by atoms with van der Waals surface area (Å²) < 4.78 is 61.0. The van der Waals surface area contributed by atoms with Crippen molar-refractivity contribution >= 4 is 11.6 Å². The van der Waals surface area contributed by atoms with Gasteiger partial charge in [0.2, 0.25) is 11.9 Å². The van der Waals surface area contributed by atoms with Crippen LogP contribution in [0.25, 0.3) is 5.65 Å². The second kappa shape index (κ2) is 6.41. The Bertz CT molecular complexity index is 971. The van der Waals surface area contributed by atoms with Gasteiger partial charge in [-0.3, -0.25) is 0 Å². The lowest BCUT2D eigenvalue weighted by molar-refractivity contribution is -0.121. The van der Waals surface area contributed by atoms with E-state index in [-0.39, 0.29) is 52.6 Å². The zero-order chi connectivity index (χ0) is 20.5. The van der Waals surface area contributed by atoms with E-state index in [0.29, 0.717) is 0 Å². The molecule has 11 heteroatoms. The molecular formula is C18H21F4N5O2. The van der Waals surface area contributed by atoms with Crippen LogP contribution in [0, 0.1) is 0 Å². The first-order chi connectivity index (χ1) is 13.7. The summed E-state index contributed by atoms with van der Waals surface area (Å²) in [4.78, 5) is 18.4. The second-order valence-corrected chi connectivity index (χ2v) is 8.36. The molecule has 0 aliphatic carbocycles. The van der Waals surface area contributed by atoms with Crippen LogP contribution >= 0.6 is 0 Å². The molecule has 4 fully saturated rings. The molecule has 4 saturated heterocycles. The van der Waals surface area contributed by atoms with Crippen LogP contribution in [0.4, 0.5) is 23.5 Å². The van der Waals surface area contributed by atoms with Crippen molar-refractivity contribution < 1.29 is 22.3 Å². The molecule has 2 aromatic rings. The number of anilines is 1. The highest BCUT2D eigenvalue weighted by atomic mass is 19.3. The molecule has 0 amide bonds. The molecule has 0 spiro atoms. The minimum Gasteiger partial charge on any atom is -0.375 e. The Morgan fingerprint density at radius 3 is 2.38 bits per heavy atom. The van der Waals surface area contributed by atoms with Gasteiger partial charge in [-0.05, 0) is 39.0 Å². The Morgan fingerprint density at radius 1 is 1.21 bits per heavy atom. The van der Waals surface area contributed by atoms with E-state index in [9.17, 15) is 22.4 Å².